The first-order valence-corrected chi connectivity index (χ1v) is 9.60. The van der Waals surface area contributed by atoms with Gasteiger partial charge in [-0.1, -0.05) is 60.7 Å². The normalized spacial score (nSPS) is 23.3. The summed E-state index contributed by atoms with van der Waals surface area (Å²) in [5.41, 5.74) is 6.76. The van der Waals surface area contributed by atoms with E-state index in [9.17, 15) is 4.79 Å². The van der Waals surface area contributed by atoms with Crippen LogP contribution in [0.25, 0.3) is 0 Å². The fourth-order valence-electron chi connectivity index (χ4n) is 4.39. The second-order valence-electron chi connectivity index (χ2n) is 7.52. The predicted molar refractivity (Wildman–Crippen MR) is 107 cm³/mol. The Morgan fingerprint density at radius 3 is 2.54 bits per heavy atom. The lowest BCUT2D eigenvalue weighted by molar-refractivity contribution is 0.0184. The summed E-state index contributed by atoms with van der Waals surface area (Å²) in [5.74, 6) is 0.739. The van der Waals surface area contributed by atoms with Crippen LogP contribution in [0.1, 0.15) is 34.6 Å². The summed E-state index contributed by atoms with van der Waals surface area (Å²) in [6.07, 6.45) is -0.113. The quantitative estimate of drug-likeness (QED) is 0.754. The van der Waals surface area contributed by atoms with Crippen LogP contribution < -0.4 is 16.0 Å². The van der Waals surface area contributed by atoms with E-state index in [4.69, 9.17) is 9.25 Å². The zero-order valence-electron chi connectivity index (χ0n) is 15.7. The van der Waals surface area contributed by atoms with Crippen LogP contribution in [0, 0.1) is 12.8 Å². The number of hydrogen-bond donors (Lipinski definition) is 1. The van der Waals surface area contributed by atoms with Gasteiger partial charge in [0.15, 0.2) is 0 Å². The van der Waals surface area contributed by atoms with Crippen LogP contribution in [0.3, 0.4) is 0 Å². The van der Waals surface area contributed by atoms with E-state index in [1.807, 2.05) is 49.4 Å². The lowest BCUT2D eigenvalue weighted by atomic mass is 9.83. The standard InChI is InChI=1S/C23H22N2O3/c1-15-12-19-20(23(26)27-15)21-18(14-25(19)13-16-8-4-2-5-9-16)22(28-24-21)17-10-6-3-7-11-17/h2-12,18,21-22,24H,13-14H2,1H3/t18-,21-,22+/m1/s1. The van der Waals surface area contributed by atoms with Crippen LogP contribution in [0.15, 0.2) is 75.9 Å². The molecule has 0 aliphatic carbocycles. The molecule has 142 valence electrons. The molecule has 0 unspecified atom stereocenters. The molecule has 1 aromatic heterocycles. The van der Waals surface area contributed by atoms with Gasteiger partial charge in [0.2, 0.25) is 0 Å². The molecule has 1 N–H and O–H groups in total. The van der Waals surface area contributed by atoms with Crippen molar-refractivity contribution < 1.29 is 9.25 Å². The average molecular weight is 374 g/mol. The minimum atomic E-state index is -0.285. The summed E-state index contributed by atoms with van der Waals surface area (Å²) in [5, 5.41) is 0. The summed E-state index contributed by atoms with van der Waals surface area (Å²) in [7, 11) is 0. The predicted octanol–water partition coefficient (Wildman–Crippen LogP) is 3.90. The van der Waals surface area contributed by atoms with Crippen molar-refractivity contribution in [3.8, 4) is 0 Å². The average Bonchev–Trinajstić information content (AvgIpc) is 3.13. The Hall–Kier alpha value is -2.89. The number of hydroxylamine groups is 1. The molecule has 1 saturated heterocycles. The van der Waals surface area contributed by atoms with Gasteiger partial charge in [-0.05, 0) is 18.1 Å². The zero-order valence-corrected chi connectivity index (χ0v) is 15.7. The molecule has 3 heterocycles. The Morgan fingerprint density at radius 1 is 1.07 bits per heavy atom. The lowest BCUT2D eigenvalue weighted by Crippen LogP contribution is -2.41. The molecule has 0 amide bonds. The Labute approximate surface area is 163 Å². The van der Waals surface area contributed by atoms with Gasteiger partial charge in [-0.15, -0.1) is 0 Å². The molecule has 28 heavy (non-hydrogen) atoms. The highest BCUT2D eigenvalue weighted by Gasteiger charge is 2.46. The molecule has 3 atom stereocenters. The van der Waals surface area contributed by atoms with Crippen molar-refractivity contribution in [1.29, 1.82) is 0 Å². The third-order valence-corrected chi connectivity index (χ3v) is 5.66. The van der Waals surface area contributed by atoms with E-state index in [1.165, 1.54) is 5.56 Å². The van der Waals surface area contributed by atoms with E-state index in [2.05, 4.69) is 34.6 Å². The summed E-state index contributed by atoms with van der Waals surface area (Å²) in [6.45, 7) is 3.35. The van der Waals surface area contributed by atoms with Gasteiger partial charge in [-0.2, -0.15) is 5.48 Å². The molecule has 0 spiro atoms. The Kier molecular flexibility index (Phi) is 4.26. The van der Waals surface area contributed by atoms with E-state index < -0.39 is 0 Å². The Bertz CT molecular complexity index is 1030. The van der Waals surface area contributed by atoms with Crippen LogP contribution in [-0.4, -0.2) is 6.54 Å². The van der Waals surface area contributed by atoms with E-state index >= 15 is 0 Å². The number of benzene rings is 2. The van der Waals surface area contributed by atoms with Crippen LogP contribution in [0.2, 0.25) is 0 Å². The van der Waals surface area contributed by atoms with Crippen molar-refractivity contribution in [1.82, 2.24) is 5.48 Å². The van der Waals surface area contributed by atoms with E-state index in [-0.39, 0.29) is 23.7 Å². The maximum atomic E-state index is 12.8. The summed E-state index contributed by atoms with van der Waals surface area (Å²) in [4.78, 5) is 21.0. The number of fused-ring (bicyclic) bond motifs is 3. The summed E-state index contributed by atoms with van der Waals surface area (Å²) in [6, 6.07) is 22.3. The van der Waals surface area contributed by atoms with Gasteiger partial charge >= 0.3 is 5.63 Å². The van der Waals surface area contributed by atoms with Crippen LogP contribution in [0.4, 0.5) is 5.69 Å². The second kappa shape index (κ2) is 6.93. The van der Waals surface area contributed by atoms with Gasteiger partial charge in [0.1, 0.15) is 11.9 Å². The Morgan fingerprint density at radius 2 is 1.79 bits per heavy atom. The van der Waals surface area contributed by atoms with Gasteiger partial charge in [0.05, 0.1) is 17.3 Å². The third kappa shape index (κ3) is 2.93. The van der Waals surface area contributed by atoms with E-state index in [0.29, 0.717) is 11.3 Å². The molecule has 2 aliphatic rings. The number of hydrogen-bond acceptors (Lipinski definition) is 5. The second-order valence-corrected chi connectivity index (χ2v) is 7.52. The SMILES string of the molecule is Cc1cc2c(c(=O)o1)[C@@H]1NO[C@@H](c3ccccc3)[C@@H]1CN2Cc1ccccc1. The van der Waals surface area contributed by atoms with Gasteiger partial charge in [0, 0.05) is 25.1 Å². The van der Waals surface area contributed by atoms with Gasteiger partial charge in [-0.25, -0.2) is 4.79 Å². The number of rotatable bonds is 3. The molecule has 3 aromatic rings. The van der Waals surface area contributed by atoms with Crippen LogP contribution in [-0.2, 0) is 11.4 Å². The molecule has 0 bridgehead atoms. The van der Waals surface area contributed by atoms with Gasteiger partial charge < -0.3 is 9.32 Å². The maximum absolute atomic E-state index is 12.8. The highest BCUT2D eigenvalue weighted by atomic mass is 16.7. The molecule has 5 nitrogen and oxygen atoms in total. The smallest absolute Gasteiger partial charge is 0.342 e. The van der Waals surface area contributed by atoms with Crippen molar-refractivity contribution in [2.75, 3.05) is 11.4 Å². The molecule has 2 aliphatic heterocycles. The molecule has 0 saturated carbocycles. The van der Waals surface area contributed by atoms with Gasteiger partial charge in [-0.3, -0.25) is 4.84 Å². The molecular weight excluding hydrogens is 352 g/mol. The van der Waals surface area contributed by atoms with Crippen LogP contribution in [0.5, 0.6) is 0 Å². The minimum Gasteiger partial charge on any atom is -0.428 e. The summed E-state index contributed by atoms with van der Waals surface area (Å²) >= 11 is 0. The van der Waals surface area contributed by atoms with Crippen molar-refractivity contribution >= 4 is 5.69 Å². The number of nitrogens with zero attached hydrogens (tertiary/aromatic N) is 1. The van der Waals surface area contributed by atoms with Crippen molar-refractivity contribution in [3.63, 3.8) is 0 Å². The fourth-order valence-corrected chi connectivity index (χ4v) is 4.39. The topological polar surface area (TPSA) is 54.7 Å². The van der Waals surface area contributed by atoms with Crippen molar-refractivity contribution in [3.05, 3.63) is 99.6 Å². The van der Waals surface area contributed by atoms with Crippen molar-refractivity contribution in [2.45, 2.75) is 25.6 Å². The first-order valence-electron chi connectivity index (χ1n) is 9.60. The monoisotopic (exact) mass is 374 g/mol. The van der Waals surface area contributed by atoms with E-state index in [1.54, 1.807) is 0 Å². The largest absolute Gasteiger partial charge is 0.428 e. The molecule has 5 heteroatoms. The molecule has 2 aromatic carbocycles. The lowest BCUT2D eigenvalue weighted by Gasteiger charge is -2.37. The molecule has 0 radical (unpaired) electrons. The number of nitrogens with one attached hydrogen (secondary N) is 1. The van der Waals surface area contributed by atoms with Crippen molar-refractivity contribution in [2.24, 2.45) is 5.92 Å². The van der Waals surface area contributed by atoms with Gasteiger partial charge in [0.25, 0.3) is 0 Å². The van der Waals surface area contributed by atoms with Crippen LogP contribution >= 0.6 is 0 Å². The minimum absolute atomic E-state index is 0.113. The Balaban J connectivity index is 1.57. The molecule has 5 rings (SSSR count). The highest BCUT2D eigenvalue weighted by molar-refractivity contribution is 5.57. The fraction of sp³-hybridized carbons (Fsp3) is 0.261. The summed E-state index contributed by atoms with van der Waals surface area (Å²) < 4.78 is 5.45. The highest BCUT2D eigenvalue weighted by Crippen LogP contribution is 2.46. The molecule has 1 fully saturated rings. The molecular formula is C23H22N2O3. The third-order valence-electron chi connectivity index (χ3n) is 5.66. The maximum Gasteiger partial charge on any atom is 0.342 e. The number of anilines is 1. The number of aryl methyl sites for hydroxylation is 1. The first kappa shape index (κ1) is 17.2. The first-order chi connectivity index (χ1) is 13.7. The zero-order chi connectivity index (χ0) is 19.1. The van der Waals surface area contributed by atoms with E-state index in [0.717, 1.165) is 24.3 Å².